The topological polar surface area (TPSA) is 0 Å². The summed E-state index contributed by atoms with van der Waals surface area (Å²) in [7, 11) is -2.37. The fourth-order valence-electron chi connectivity index (χ4n) is 3.52. The predicted molar refractivity (Wildman–Crippen MR) is 84.3 cm³/mol. The second-order valence-electron chi connectivity index (χ2n) is 6.97. The fraction of sp³-hybridized carbons (Fsp3) is 0.600. The van der Waals surface area contributed by atoms with E-state index >= 15 is 0 Å². The van der Waals surface area contributed by atoms with E-state index in [9.17, 15) is 0 Å². The van der Waals surface area contributed by atoms with E-state index in [0.717, 1.165) is 0 Å². The zero-order chi connectivity index (χ0) is 12.7. The van der Waals surface area contributed by atoms with Gasteiger partial charge in [0, 0.05) is 0 Å². The van der Waals surface area contributed by atoms with Gasteiger partial charge in [-0.1, -0.05) is 85.3 Å². The van der Waals surface area contributed by atoms with Crippen LogP contribution in [0.15, 0.2) is 18.2 Å². The first-order valence-corrected chi connectivity index (χ1v) is 13.4. The average molecular weight is 263 g/mol. The highest BCUT2D eigenvalue weighted by atomic mass is 28.3. The van der Waals surface area contributed by atoms with E-state index in [2.05, 4.69) is 51.3 Å². The van der Waals surface area contributed by atoms with Crippen LogP contribution in [-0.4, -0.2) is 16.1 Å². The summed E-state index contributed by atoms with van der Waals surface area (Å²) in [6.45, 7) is 12.6. The SMILES string of the molecule is Cc1cccc2c1[Si](C)(C)CCCC[Si]2(C)C. The molecule has 2 heteroatoms. The molecular formula is C15H26Si2. The third-order valence-corrected chi connectivity index (χ3v) is 11.9. The van der Waals surface area contributed by atoms with E-state index in [1.807, 2.05) is 5.19 Å². The summed E-state index contributed by atoms with van der Waals surface area (Å²) in [6.07, 6.45) is 2.92. The Morgan fingerprint density at radius 2 is 1.47 bits per heavy atom. The molecule has 0 spiro atoms. The third-order valence-electron chi connectivity index (χ3n) is 4.53. The number of fused-ring (bicyclic) bond motifs is 1. The Hall–Kier alpha value is -0.346. The predicted octanol–water partition coefficient (Wildman–Crippen LogP) is 3.62. The number of benzene rings is 1. The van der Waals surface area contributed by atoms with Crippen LogP contribution in [0.25, 0.3) is 0 Å². The van der Waals surface area contributed by atoms with Crippen LogP contribution in [0.5, 0.6) is 0 Å². The third kappa shape index (κ3) is 2.43. The first kappa shape index (κ1) is 13.1. The minimum Gasteiger partial charge on any atom is -0.0654 e. The Bertz CT molecular complexity index is 419. The molecular weight excluding hydrogens is 236 g/mol. The zero-order valence-corrected chi connectivity index (χ0v) is 14.1. The molecule has 94 valence electrons. The van der Waals surface area contributed by atoms with Gasteiger partial charge in [0.25, 0.3) is 0 Å². The van der Waals surface area contributed by atoms with Crippen LogP contribution in [0.4, 0.5) is 0 Å². The number of hydrogen-bond donors (Lipinski definition) is 0. The molecule has 0 saturated carbocycles. The van der Waals surface area contributed by atoms with Gasteiger partial charge in [0.15, 0.2) is 0 Å². The number of hydrogen-bond acceptors (Lipinski definition) is 0. The van der Waals surface area contributed by atoms with Crippen molar-refractivity contribution in [2.45, 2.75) is 58.0 Å². The first-order valence-electron chi connectivity index (χ1n) is 6.95. The molecule has 0 nitrogen and oxygen atoms in total. The summed E-state index contributed by atoms with van der Waals surface area (Å²) in [5.74, 6) is 0. The molecule has 1 aromatic rings. The van der Waals surface area contributed by atoms with Gasteiger partial charge >= 0.3 is 0 Å². The number of rotatable bonds is 0. The molecule has 0 unspecified atom stereocenters. The van der Waals surface area contributed by atoms with E-state index in [0.29, 0.717) is 0 Å². The lowest BCUT2D eigenvalue weighted by Crippen LogP contribution is -2.60. The maximum Gasteiger partial charge on any atom is 0.0808 e. The molecule has 0 saturated heterocycles. The molecule has 0 amide bonds. The first-order chi connectivity index (χ1) is 7.84. The van der Waals surface area contributed by atoms with Gasteiger partial charge in [0.1, 0.15) is 0 Å². The van der Waals surface area contributed by atoms with Gasteiger partial charge in [-0.25, -0.2) is 0 Å². The summed E-state index contributed by atoms with van der Waals surface area (Å²) in [6, 6.07) is 10.0. The van der Waals surface area contributed by atoms with Crippen molar-refractivity contribution in [1.29, 1.82) is 0 Å². The van der Waals surface area contributed by atoms with Crippen molar-refractivity contribution in [2.75, 3.05) is 0 Å². The Morgan fingerprint density at radius 1 is 0.882 bits per heavy atom. The Labute approximate surface area is 108 Å². The molecule has 0 fully saturated rings. The van der Waals surface area contributed by atoms with E-state index in [1.54, 1.807) is 10.8 Å². The summed E-state index contributed by atoms with van der Waals surface area (Å²) >= 11 is 0. The lowest BCUT2D eigenvalue weighted by molar-refractivity contribution is 0.854. The van der Waals surface area contributed by atoms with Crippen LogP contribution in [0, 0.1) is 6.92 Å². The Kier molecular flexibility index (Phi) is 3.39. The van der Waals surface area contributed by atoms with Crippen molar-refractivity contribution < 1.29 is 0 Å². The van der Waals surface area contributed by atoms with Crippen molar-refractivity contribution >= 4 is 26.5 Å². The highest BCUT2D eigenvalue weighted by molar-refractivity contribution is 6.99. The standard InChI is InChI=1S/C15H26Si2/c1-13-9-8-10-14-15(13)17(4,5)12-7-6-11-16(14,2)3/h8-10H,6-7,11-12H2,1-5H3. The smallest absolute Gasteiger partial charge is 0.0654 e. The monoisotopic (exact) mass is 262 g/mol. The largest absolute Gasteiger partial charge is 0.0808 e. The quantitative estimate of drug-likeness (QED) is 0.627. The van der Waals surface area contributed by atoms with Crippen molar-refractivity contribution in [1.82, 2.24) is 0 Å². The van der Waals surface area contributed by atoms with Gasteiger partial charge in [0.05, 0.1) is 16.1 Å². The van der Waals surface area contributed by atoms with Crippen molar-refractivity contribution in [3.63, 3.8) is 0 Å². The maximum atomic E-state index is 2.58. The minimum atomic E-state index is -1.19. The van der Waals surface area contributed by atoms with Crippen LogP contribution in [0.1, 0.15) is 18.4 Å². The molecule has 2 rings (SSSR count). The Morgan fingerprint density at radius 3 is 2.12 bits per heavy atom. The summed E-state index contributed by atoms with van der Waals surface area (Å²) in [5.41, 5.74) is 1.57. The molecule has 1 heterocycles. The van der Waals surface area contributed by atoms with Gasteiger partial charge in [0.2, 0.25) is 0 Å². The number of aryl methyl sites for hydroxylation is 1. The molecule has 1 aliphatic heterocycles. The van der Waals surface area contributed by atoms with E-state index in [1.165, 1.54) is 24.9 Å². The molecule has 0 N–H and O–H groups in total. The maximum absolute atomic E-state index is 2.58. The second kappa shape index (κ2) is 4.40. The minimum absolute atomic E-state index is 1.18. The summed E-state index contributed by atoms with van der Waals surface area (Å²) in [4.78, 5) is 0. The fourth-order valence-corrected chi connectivity index (χ4v) is 11.7. The second-order valence-corrected chi connectivity index (χ2v) is 16.5. The molecule has 0 atom stereocenters. The lowest BCUT2D eigenvalue weighted by atomic mass is 10.2. The van der Waals surface area contributed by atoms with Crippen LogP contribution < -0.4 is 10.4 Å². The molecule has 0 aromatic heterocycles. The van der Waals surface area contributed by atoms with Gasteiger partial charge in [-0.15, -0.1) is 0 Å². The zero-order valence-electron chi connectivity index (χ0n) is 12.1. The van der Waals surface area contributed by atoms with Crippen molar-refractivity contribution in [3.8, 4) is 0 Å². The van der Waals surface area contributed by atoms with Crippen LogP contribution >= 0.6 is 0 Å². The van der Waals surface area contributed by atoms with Crippen LogP contribution in [-0.2, 0) is 0 Å². The highest BCUT2D eigenvalue weighted by Crippen LogP contribution is 2.24. The molecule has 0 bridgehead atoms. The molecule has 0 aliphatic carbocycles. The highest BCUT2D eigenvalue weighted by Gasteiger charge is 2.35. The van der Waals surface area contributed by atoms with E-state index < -0.39 is 16.1 Å². The molecule has 1 aliphatic rings. The average Bonchev–Trinajstić information content (AvgIpc) is 2.23. The van der Waals surface area contributed by atoms with E-state index in [-0.39, 0.29) is 0 Å². The van der Waals surface area contributed by atoms with Gasteiger partial charge in [-0.05, 0) is 6.92 Å². The van der Waals surface area contributed by atoms with E-state index in [4.69, 9.17) is 0 Å². The van der Waals surface area contributed by atoms with Gasteiger partial charge in [-0.3, -0.25) is 0 Å². The lowest BCUT2D eigenvalue weighted by Gasteiger charge is -2.36. The molecule has 17 heavy (non-hydrogen) atoms. The molecule has 1 aromatic carbocycles. The van der Waals surface area contributed by atoms with Crippen molar-refractivity contribution in [2.24, 2.45) is 0 Å². The molecule has 0 radical (unpaired) electrons. The summed E-state index contributed by atoms with van der Waals surface area (Å²) < 4.78 is 0. The van der Waals surface area contributed by atoms with Crippen LogP contribution in [0.3, 0.4) is 0 Å². The summed E-state index contributed by atoms with van der Waals surface area (Å²) in [5, 5.41) is 3.60. The van der Waals surface area contributed by atoms with Gasteiger partial charge in [-0.2, -0.15) is 0 Å². The van der Waals surface area contributed by atoms with Crippen LogP contribution in [0.2, 0.25) is 38.3 Å². The normalized spacial score (nSPS) is 22.4. The van der Waals surface area contributed by atoms with Crippen molar-refractivity contribution in [3.05, 3.63) is 23.8 Å². The Balaban J connectivity index is 2.66. The van der Waals surface area contributed by atoms with Gasteiger partial charge < -0.3 is 0 Å².